The molecule has 0 saturated heterocycles. The first-order valence-electron chi connectivity index (χ1n) is 11.8. The van der Waals surface area contributed by atoms with Crippen LogP contribution in [0.1, 0.15) is 36.6 Å². The molecule has 0 spiro atoms. The molecule has 36 heavy (non-hydrogen) atoms. The molecule has 4 aromatic rings. The standard InChI is InChI=1S/C30H26F4O2/c1-3-36-26-17-14-23(27(31)30(26)34)9-6-19-4-7-21(8-5-19)24-15-16-25(29(33)28(24)32)22-12-10-20(11-13-22)18(2)35/h4-5,7-8,10-18,35H,3,6,9H2,1-2H3. The van der Waals surface area contributed by atoms with Crippen LogP contribution in [-0.2, 0) is 12.8 Å². The van der Waals surface area contributed by atoms with Crippen molar-refractivity contribution in [2.75, 3.05) is 6.61 Å². The third-order valence-corrected chi connectivity index (χ3v) is 6.16. The van der Waals surface area contributed by atoms with Crippen LogP contribution in [0.3, 0.4) is 0 Å². The van der Waals surface area contributed by atoms with Crippen molar-refractivity contribution in [2.45, 2.75) is 32.8 Å². The number of halogens is 4. The Kier molecular flexibility index (Phi) is 7.75. The molecule has 6 heteroatoms. The van der Waals surface area contributed by atoms with Gasteiger partial charge in [-0.2, -0.15) is 4.39 Å². The lowest BCUT2D eigenvalue weighted by molar-refractivity contribution is 0.199. The average Bonchev–Trinajstić information content (AvgIpc) is 2.88. The van der Waals surface area contributed by atoms with Gasteiger partial charge in [0.2, 0.25) is 5.82 Å². The van der Waals surface area contributed by atoms with Gasteiger partial charge in [-0.25, -0.2) is 13.2 Å². The third kappa shape index (κ3) is 5.29. The van der Waals surface area contributed by atoms with Crippen molar-refractivity contribution in [1.29, 1.82) is 0 Å². The number of benzene rings is 4. The van der Waals surface area contributed by atoms with Crippen molar-refractivity contribution in [3.05, 3.63) is 113 Å². The molecule has 186 valence electrons. The lowest BCUT2D eigenvalue weighted by Gasteiger charge is -2.11. The second kappa shape index (κ2) is 11.0. The van der Waals surface area contributed by atoms with E-state index in [0.29, 0.717) is 23.1 Å². The van der Waals surface area contributed by atoms with E-state index in [0.717, 1.165) is 5.56 Å². The van der Waals surface area contributed by atoms with Crippen LogP contribution in [0.4, 0.5) is 17.6 Å². The topological polar surface area (TPSA) is 29.5 Å². The molecule has 0 aromatic heterocycles. The summed E-state index contributed by atoms with van der Waals surface area (Å²) in [4.78, 5) is 0. The molecule has 0 aliphatic carbocycles. The minimum atomic E-state index is -0.996. The van der Waals surface area contributed by atoms with E-state index in [2.05, 4.69) is 0 Å². The van der Waals surface area contributed by atoms with Crippen molar-refractivity contribution in [3.8, 4) is 28.0 Å². The van der Waals surface area contributed by atoms with E-state index in [1.165, 1.54) is 24.3 Å². The highest BCUT2D eigenvalue weighted by molar-refractivity contribution is 5.72. The quantitative estimate of drug-likeness (QED) is 0.253. The van der Waals surface area contributed by atoms with Crippen LogP contribution in [0.15, 0.2) is 72.8 Å². The van der Waals surface area contributed by atoms with E-state index in [1.807, 2.05) is 0 Å². The van der Waals surface area contributed by atoms with Gasteiger partial charge in [-0.15, -0.1) is 0 Å². The van der Waals surface area contributed by atoms with Crippen LogP contribution >= 0.6 is 0 Å². The molecule has 1 atom stereocenters. The van der Waals surface area contributed by atoms with Gasteiger partial charge in [0.05, 0.1) is 12.7 Å². The summed E-state index contributed by atoms with van der Waals surface area (Å²) in [6.07, 6.45) is 0.0789. The summed E-state index contributed by atoms with van der Waals surface area (Å²) >= 11 is 0. The summed E-state index contributed by atoms with van der Waals surface area (Å²) in [5.41, 5.74) is 3.05. The van der Waals surface area contributed by atoms with Crippen molar-refractivity contribution in [3.63, 3.8) is 0 Å². The van der Waals surface area contributed by atoms with Crippen LogP contribution in [0.5, 0.6) is 5.75 Å². The normalized spacial score (nSPS) is 12.0. The number of hydrogen-bond acceptors (Lipinski definition) is 2. The fourth-order valence-corrected chi connectivity index (χ4v) is 4.10. The third-order valence-electron chi connectivity index (χ3n) is 6.16. The highest BCUT2D eigenvalue weighted by Gasteiger charge is 2.17. The van der Waals surface area contributed by atoms with E-state index in [1.54, 1.807) is 62.4 Å². The monoisotopic (exact) mass is 494 g/mol. The maximum absolute atomic E-state index is 15.0. The molecule has 0 aliphatic heterocycles. The van der Waals surface area contributed by atoms with Crippen LogP contribution in [0, 0.1) is 23.3 Å². The van der Waals surface area contributed by atoms with Crippen LogP contribution < -0.4 is 4.74 Å². The Morgan fingerprint density at radius 3 is 1.75 bits per heavy atom. The number of aliphatic hydroxyl groups excluding tert-OH is 1. The molecule has 0 bridgehead atoms. The Hall–Kier alpha value is -3.64. The second-order valence-electron chi connectivity index (χ2n) is 8.57. The number of rotatable bonds is 8. The zero-order valence-electron chi connectivity index (χ0n) is 20.0. The predicted molar refractivity (Wildman–Crippen MR) is 133 cm³/mol. The molecule has 4 aromatic carbocycles. The summed E-state index contributed by atoms with van der Waals surface area (Å²) in [5.74, 6) is -3.93. The molecule has 0 heterocycles. The van der Waals surface area contributed by atoms with E-state index in [4.69, 9.17) is 4.74 Å². The first-order valence-corrected chi connectivity index (χ1v) is 11.8. The highest BCUT2D eigenvalue weighted by atomic mass is 19.2. The van der Waals surface area contributed by atoms with Crippen molar-refractivity contribution in [1.82, 2.24) is 0 Å². The molecule has 1 unspecified atom stereocenters. The number of aliphatic hydroxyl groups is 1. The Morgan fingerprint density at radius 2 is 1.22 bits per heavy atom. The highest BCUT2D eigenvalue weighted by Crippen LogP contribution is 2.32. The van der Waals surface area contributed by atoms with Crippen LogP contribution in [0.25, 0.3) is 22.3 Å². The van der Waals surface area contributed by atoms with Gasteiger partial charge in [0.15, 0.2) is 23.2 Å². The second-order valence-corrected chi connectivity index (χ2v) is 8.57. The van der Waals surface area contributed by atoms with Gasteiger partial charge < -0.3 is 9.84 Å². The SMILES string of the molecule is CCOc1ccc(CCc2ccc(-c3ccc(-c4ccc(C(C)O)cc4)c(F)c3F)cc2)c(F)c1F. The lowest BCUT2D eigenvalue weighted by atomic mass is 9.96. The van der Waals surface area contributed by atoms with Crippen LogP contribution in [0.2, 0.25) is 0 Å². The summed E-state index contributed by atoms with van der Waals surface area (Å²) in [6.45, 7) is 3.57. The Bertz CT molecular complexity index is 1350. The van der Waals surface area contributed by atoms with Gasteiger partial charge in [-0.1, -0.05) is 66.7 Å². The van der Waals surface area contributed by atoms with Crippen LogP contribution in [-0.4, -0.2) is 11.7 Å². The maximum atomic E-state index is 15.0. The van der Waals surface area contributed by atoms with Gasteiger partial charge >= 0.3 is 0 Å². The van der Waals surface area contributed by atoms with E-state index in [-0.39, 0.29) is 35.5 Å². The minimum absolute atomic E-state index is 0.111. The molecular weight excluding hydrogens is 468 g/mol. The zero-order valence-corrected chi connectivity index (χ0v) is 20.0. The van der Waals surface area contributed by atoms with Gasteiger partial charge in [0.1, 0.15) is 0 Å². The minimum Gasteiger partial charge on any atom is -0.491 e. The summed E-state index contributed by atoms with van der Waals surface area (Å²) in [7, 11) is 0. The smallest absolute Gasteiger partial charge is 0.200 e. The maximum Gasteiger partial charge on any atom is 0.200 e. The predicted octanol–water partition coefficient (Wildman–Crippen LogP) is 7.81. The Labute approximate surface area is 207 Å². The zero-order chi connectivity index (χ0) is 25.8. The van der Waals surface area contributed by atoms with Gasteiger partial charge in [0, 0.05) is 11.1 Å². The van der Waals surface area contributed by atoms with E-state index >= 15 is 0 Å². The average molecular weight is 495 g/mol. The largest absolute Gasteiger partial charge is 0.491 e. The summed E-state index contributed by atoms with van der Waals surface area (Å²) < 4.78 is 63.4. The Balaban J connectivity index is 1.50. The number of aryl methyl sites for hydroxylation is 2. The van der Waals surface area contributed by atoms with Crippen molar-refractivity contribution in [2.24, 2.45) is 0 Å². The Morgan fingerprint density at radius 1 is 0.667 bits per heavy atom. The molecule has 4 rings (SSSR count). The first kappa shape index (κ1) is 25.5. The lowest BCUT2D eigenvalue weighted by Crippen LogP contribution is -2.02. The molecule has 0 amide bonds. The fourth-order valence-electron chi connectivity index (χ4n) is 4.10. The van der Waals surface area contributed by atoms with Crippen molar-refractivity contribution >= 4 is 0 Å². The van der Waals surface area contributed by atoms with Gasteiger partial charge in [-0.05, 0) is 60.6 Å². The molecule has 0 fully saturated rings. The molecule has 2 nitrogen and oxygen atoms in total. The molecule has 0 radical (unpaired) electrons. The fraction of sp³-hybridized carbons (Fsp3) is 0.200. The molecule has 1 N–H and O–H groups in total. The number of ether oxygens (including phenoxy) is 1. The number of hydrogen-bond donors (Lipinski definition) is 1. The van der Waals surface area contributed by atoms with E-state index in [9.17, 15) is 22.7 Å². The van der Waals surface area contributed by atoms with Crippen molar-refractivity contribution < 1.29 is 27.4 Å². The molecule has 0 saturated carbocycles. The van der Waals surface area contributed by atoms with Gasteiger partial charge in [-0.3, -0.25) is 0 Å². The van der Waals surface area contributed by atoms with Gasteiger partial charge in [0.25, 0.3) is 0 Å². The summed E-state index contributed by atoms with van der Waals surface area (Å²) in [5, 5.41) is 9.64. The first-order chi connectivity index (χ1) is 17.3. The van der Waals surface area contributed by atoms with E-state index < -0.39 is 29.4 Å². The summed E-state index contributed by atoms with van der Waals surface area (Å²) in [6, 6.07) is 19.5. The molecular formula is C30H26F4O2. The molecule has 0 aliphatic rings.